The maximum atomic E-state index is 5.02. The molecule has 0 aromatic rings. The Hall–Kier alpha value is -0.0800. The highest BCUT2D eigenvalue weighted by atomic mass is 16.5. The van der Waals surface area contributed by atoms with Crippen molar-refractivity contribution in [1.82, 2.24) is 5.32 Å². The molecule has 0 bridgehead atoms. The topological polar surface area (TPSA) is 21.3 Å². The second-order valence-electron chi connectivity index (χ2n) is 5.03. The van der Waals surface area contributed by atoms with Gasteiger partial charge >= 0.3 is 0 Å². The summed E-state index contributed by atoms with van der Waals surface area (Å²) in [5, 5.41) is 3.54. The van der Waals surface area contributed by atoms with E-state index in [4.69, 9.17) is 4.74 Å². The van der Waals surface area contributed by atoms with Crippen LogP contribution < -0.4 is 5.32 Å². The lowest BCUT2D eigenvalue weighted by Gasteiger charge is -2.34. The average Bonchev–Trinajstić information content (AvgIpc) is 1.94. The molecular weight excluding hydrogens is 162 g/mol. The van der Waals surface area contributed by atoms with E-state index < -0.39 is 0 Å². The van der Waals surface area contributed by atoms with Gasteiger partial charge in [0.1, 0.15) is 0 Å². The van der Waals surface area contributed by atoms with Gasteiger partial charge in [0, 0.05) is 21.1 Å². The van der Waals surface area contributed by atoms with Gasteiger partial charge in [-0.15, -0.1) is 0 Å². The molecule has 0 aliphatic heterocycles. The third kappa shape index (κ3) is 5.27. The lowest BCUT2D eigenvalue weighted by Crippen LogP contribution is -2.45. The van der Waals surface area contributed by atoms with Crippen molar-refractivity contribution in [3.8, 4) is 0 Å². The van der Waals surface area contributed by atoms with Gasteiger partial charge in [0.15, 0.2) is 0 Å². The van der Waals surface area contributed by atoms with Crippen LogP contribution in [0.15, 0.2) is 0 Å². The van der Waals surface area contributed by atoms with Gasteiger partial charge in [-0.25, -0.2) is 0 Å². The molecule has 0 aliphatic rings. The Bertz CT molecular complexity index is 132. The quantitative estimate of drug-likeness (QED) is 0.671. The highest BCUT2D eigenvalue weighted by Gasteiger charge is 2.26. The molecule has 0 unspecified atom stereocenters. The van der Waals surface area contributed by atoms with Crippen molar-refractivity contribution in [2.75, 3.05) is 20.3 Å². The number of methoxy groups -OCH3 is 1. The fraction of sp³-hybridized carbons (Fsp3) is 1.00. The highest BCUT2D eigenvalue weighted by Crippen LogP contribution is 2.24. The molecule has 0 heterocycles. The minimum absolute atomic E-state index is 0. The predicted molar refractivity (Wildman–Crippen MR) is 60.1 cm³/mol. The van der Waals surface area contributed by atoms with E-state index in [2.05, 4.69) is 39.9 Å². The molecule has 2 heteroatoms. The zero-order valence-corrected chi connectivity index (χ0v) is 9.98. The fourth-order valence-corrected chi connectivity index (χ4v) is 1.86. The van der Waals surface area contributed by atoms with Crippen LogP contribution in [0.2, 0.25) is 0 Å². The van der Waals surface area contributed by atoms with Crippen LogP contribution in [0.25, 0.3) is 0 Å². The van der Waals surface area contributed by atoms with Crippen LogP contribution >= 0.6 is 0 Å². The Kier molecular flexibility index (Phi) is 5.57. The van der Waals surface area contributed by atoms with Gasteiger partial charge in [-0.1, -0.05) is 34.6 Å². The third-order valence-corrected chi connectivity index (χ3v) is 2.27. The van der Waals surface area contributed by atoms with E-state index in [0.717, 1.165) is 13.2 Å². The molecule has 82 valence electrons. The molecule has 0 spiro atoms. The maximum Gasteiger partial charge on any atom is 0.0587 e. The van der Waals surface area contributed by atoms with Crippen LogP contribution in [0, 0.1) is 11.3 Å². The zero-order valence-electron chi connectivity index (χ0n) is 9.98. The van der Waals surface area contributed by atoms with E-state index in [0.29, 0.717) is 17.4 Å². The Morgan fingerprint density at radius 2 is 1.85 bits per heavy atom. The summed E-state index contributed by atoms with van der Waals surface area (Å²) in [6.07, 6.45) is 0. The van der Waals surface area contributed by atoms with Crippen LogP contribution in [-0.4, -0.2) is 26.3 Å². The first-order valence-corrected chi connectivity index (χ1v) is 5.12. The molecule has 0 saturated heterocycles. The number of hydrogen-bond donors (Lipinski definition) is 1. The first-order chi connectivity index (χ1) is 5.89. The lowest BCUT2D eigenvalue weighted by atomic mass is 9.80. The number of hydrogen-bond acceptors (Lipinski definition) is 2. The summed E-state index contributed by atoms with van der Waals surface area (Å²) in [5.74, 6) is 0.664. The zero-order chi connectivity index (χ0) is 10.5. The number of nitrogens with one attached hydrogen (secondary N) is 1. The Morgan fingerprint density at radius 3 is 2.15 bits per heavy atom. The van der Waals surface area contributed by atoms with Crippen molar-refractivity contribution < 1.29 is 6.16 Å². The molecule has 0 radical (unpaired) electrons. The van der Waals surface area contributed by atoms with Crippen molar-refractivity contribution >= 4 is 0 Å². The smallest absolute Gasteiger partial charge is 0.0587 e. The Balaban J connectivity index is 0. The van der Waals surface area contributed by atoms with E-state index in [1.807, 2.05) is 0 Å². The standard InChI is InChI=1S/C11H25NO.H2/c1-9(2)10(11(3,4)5)12-7-8-13-6;/h9-10,12H,7-8H2,1-6H3;1H/t10-;/m1./s1. The molecule has 0 aromatic carbocycles. The van der Waals surface area contributed by atoms with Gasteiger partial charge in [0.25, 0.3) is 0 Å². The third-order valence-electron chi connectivity index (χ3n) is 2.27. The molecule has 0 fully saturated rings. The maximum absolute atomic E-state index is 5.02. The lowest BCUT2D eigenvalue weighted by molar-refractivity contribution is 0.164. The molecule has 0 aromatic heterocycles. The van der Waals surface area contributed by atoms with Gasteiger partial charge in [-0.3, -0.25) is 0 Å². The summed E-state index contributed by atoms with van der Waals surface area (Å²) < 4.78 is 5.02. The van der Waals surface area contributed by atoms with Crippen LogP contribution in [0.5, 0.6) is 0 Å². The van der Waals surface area contributed by atoms with Crippen molar-refractivity contribution in [2.24, 2.45) is 11.3 Å². The highest BCUT2D eigenvalue weighted by molar-refractivity contribution is 4.82. The molecule has 1 N–H and O–H groups in total. The first kappa shape index (κ1) is 12.9. The largest absolute Gasteiger partial charge is 0.383 e. The molecule has 13 heavy (non-hydrogen) atoms. The molecule has 2 nitrogen and oxygen atoms in total. The second-order valence-corrected chi connectivity index (χ2v) is 5.03. The van der Waals surface area contributed by atoms with E-state index in [1.54, 1.807) is 7.11 Å². The molecular formula is C11H27NO. The summed E-state index contributed by atoms with van der Waals surface area (Å²) >= 11 is 0. The predicted octanol–water partition coefficient (Wildman–Crippen LogP) is 2.54. The number of rotatable bonds is 5. The summed E-state index contributed by atoms with van der Waals surface area (Å²) in [6.45, 7) is 13.1. The number of ether oxygens (including phenoxy) is 1. The van der Waals surface area contributed by atoms with Crippen LogP contribution in [0.1, 0.15) is 36.0 Å². The molecule has 0 saturated carbocycles. The summed E-state index contributed by atoms with van der Waals surface area (Å²) in [4.78, 5) is 0. The van der Waals surface area contributed by atoms with Gasteiger partial charge in [0.2, 0.25) is 0 Å². The van der Waals surface area contributed by atoms with Gasteiger partial charge in [-0.05, 0) is 11.3 Å². The van der Waals surface area contributed by atoms with Gasteiger partial charge in [-0.2, -0.15) is 0 Å². The summed E-state index contributed by atoms with van der Waals surface area (Å²) in [5.41, 5.74) is 0.321. The van der Waals surface area contributed by atoms with Crippen molar-refractivity contribution in [3.63, 3.8) is 0 Å². The minimum atomic E-state index is 0. The van der Waals surface area contributed by atoms with E-state index in [1.165, 1.54) is 0 Å². The van der Waals surface area contributed by atoms with Gasteiger partial charge < -0.3 is 10.1 Å². The summed E-state index contributed by atoms with van der Waals surface area (Å²) in [6, 6.07) is 0.558. The van der Waals surface area contributed by atoms with Crippen molar-refractivity contribution in [3.05, 3.63) is 0 Å². The molecule has 0 amide bonds. The van der Waals surface area contributed by atoms with Crippen molar-refractivity contribution in [2.45, 2.75) is 40.7 Å². The van der Waals surface area contributed by atoms with Crippen LogP contribution in [0.4, 0.5) is 0 Å². The minimum Gasteiger partial charge on any atom is -0.383 e. The Labute approximate surface area is 84.5 Å². The molecule has 0 aliphatic carbocycles. The van der Waals surface area contributed by atoms with Gasteiger partial charge in [0.05, 0.1) is 6.61 Å². The SMILES string of the molecule is COCCN[C@H](C(C)C)C(C)(C)C.[HH]. The van der Waals surface area contributed by atoms with Crippen LogP contribution in [0.3, 0.4) is 0 Å². The summed E-state index contributed by atoms with van der Waals surface area (Å²) in [7, 11) is 1.74. The monoisotopic (exact) mass is 189 g/mol. The van der Waals surface area contributed by atoms with E-state index in [-0.39, 0.29) is 1.43 Å². The van der Waals surface area contributed by atoms with Crippen molar-refractivity contribution in [1.29, 1.82) is 0 Å². The molecule has 1 atom stereocenters. The van der Waals surface area contributed by atoms with E-state index >= 15 is 0 Å². The van der Waals surface area contributed by atoms with E-state index in [9.17, 15) is 0 Å². The normalized spacial score (nSPS) is 15.0. The van der Waals surface area contributed by atoms with Crippen LogP contribution in [-0.2, 0) is 4.74 Å². The first-order valence-electron chi connectivity index (χ1n) is 5.12. The second kappa shape index (κ2) is 5.61. The average molecular weight is 189 g/mol. The molecule has 0 rings (SSSR count). The Morgan fingerprint density at radius 1 is 1.31 bits per heavy atom. The fourth-order valence-electron chi connectivity index (χ4n) is 1.86.